The Bertz CT molecular complexity index is 1240. The van der Waals surface area contributed by atoms with Crippen LogP contribution in [-0.4, -0.2) is 27.0 Å². The molecule has 2 heterocycles. The maximum atomic E-state index is 13.4. The molecule has 2 aromatic heterocycles. The fourth-order valence-corrected chi connectivity index (χ4v) is 3.80. The molecule has 0 bridgehead atoms. The fraction of sp³-hybridized carbons (Fsp3) is 0.261. The Morgan fingerprint density at radius 1 is 1.14 bits per heavy atom. The fourth-order valence-electron chi connectivity index (χ4n) is 3.80. The molecule has 0 aliphatic heterocycles. The van der Waals surface area contributed by atoms with Crippen molar-refractivity contribution in [3.63, 3.8) is 0 Å². The lowest BCUT2D eigenvalue weighted by molar-refractivity contribution is 0.0955. The van der Waals surface area contributed by atoms with Crippen molar-refractivity contribution >= 4 is 27.8 Å². The van der Waals surface area contributed by atoms with E-state index in [2.05, 4.69) is 10.3 Å². The molecule has 1 aliphatic rings. The lowest BCUT2D eigenvalue weighted by atomic mass is 10.1. The Hall–Kier alpha value is -3.28. The van der Waals surface area contributed by atoms with Crippen LogP contribution >= 0.6 is 0 Å². The smallest absolute Gasteiger partial charge is 0.252 e. The van der Waals surface area contributed by atoms with Crippen LogP contribution in [-0.2, 0) is 13.5 Å². The summed E-state index contributed by atoms with van der Waals surface area (Å²) >= 11 is 0. The molecular weight excluding hydrogens is 367 g/mol. The zero-order chi connectivity index (χ0) is 20.0. The van der Waals surface area contributed by atoms with Crippen molar-refractivity contribution in [3.05, 3.63) is 71.4 Å². The molecular formula is C23H21FN4O. The maximum Gasteiger partial charge on any atom is 0.252 e. The van der Waals surface area contributed by atoms with Crippen molar-refractivity contribution < 1.29 is 9.18 Å². The minimum atomic E-state index is -0.300. The first-order chi connectivity index (χ1) is 14.1. The van der Waals surface area contributed by atoms with Crippen LogP contribution in [0.4, 0.5) is 4.39 Å². The number of halogens is 1. The number of nitrogens with one attached hydrogen (secondary N) is 1. The summed E-state index contributed by atoms with van der Waals surface area (Å²) in [6, 6.07) is 14.3. The molecule has 0 saturated heterocycles. The van der Waals surface area contributed by atoms with Crippen molar-refractivity contribution in [2.75, 3.05) is 6.54 Å². The normalized spacial score (nSPS) is 13.9. The number of aromatic nitrogens is 3. The van der Waals surface area contributed by atoms with Crippen LogP contribution in [0, 0.1) is 5.82 Å². The zero-order valence-corrected chi connectivity index (χ0v) is 16.2. The van der Waals surface area contributed by atoms with E-state index in [9.17, 15) is 9.18 Å². The van der Waals surface area contributed by atoms with Crippen LogP contribution in [0.2, 0.25) is 0 Å². The highest BCUT2D eigenvalue weighted by atomic mass is 19.1. The van der Waals surface area contributed by atoms with Gasteiger partial charge in [0.2, 0.25) is 0 Å². The van der Waals surface area contributed by atoms with Crippen molar-refractivity contribution in [2.24, 2.45) is 7.05 Å². The number of nitrogens with zero attached hydrogens (tertiary/aromatic N) is 3. The van der Waals surface area contributed by atoms with Crippen LogP contribution in [0.3, 0.4) is 0 Å². The first-order valence-electron chi connectivity index (χ1n) is 9.89. The van der Waals surface area contributed by atoms with E-state index >= 15 is 0 Å². The molecule has 5 nitrogen and oxygen atoms in total. The number of para-hydroxylation sites is 1. The van der Waals surface area contributed by atoms with Gasteiger partial charge in [0.25, 0.3) is 5.91 Å². The molecule has 1 amide bonds. The Kier molecular flexibility index (Phi) is 4.27. The second-order valence-corrected chi connectivity index (χ2v) is 7.61. The minimum Gasteiger partial charge on any atom is -0.352 e. The highest BCUT2D eigenvalue weighted by Gasteiger charge is 2.26. The molecule has 29 heavy (non-hydrogen) atoms. The second kappa shape index (κ2) is 6.95. The highest BCUT2D eigenvalue weighted by molar-refractivity contribution is 6.06. The summed E-state index contributed by atoms with van der Waals surface area (Å²) in [6.07, 6.45) is 2.84. The van der Waals surface area contributed by atoms with Gasteiger partial charge in [-0.3, -0.25) is 9.78 Å². The number of hydrogen-bond donors (Lipinski definition) is 1. The van der Waals surface area contributed by atoms with E-state index in [1.165, 1.54) is 12.1 Å². The summed E-state index contributed by atoms with van der Waals surface area (Å²) in [5.74, 6) is 0.887. The number of carbonyl (C=O) groups is 1. The molecule has 0 spiro atoms. The molecule has 1 aliphatic carbocycles. The highest BCUT2D eigenvalue weighted by Crippen LogP contribution is 2.40. The number of benzene rings is 2. The standard InChI is InChI=1S/C23H21FN4O/c1-28-21-9-8-15(24)12-20(21)27-22(28)10-11-25-23(29)17-13-19(14-6-7-14)26-18-5-3-2-4-16(17)18/h2-5,8-9,12-14H,6-7,10-11H2,1H3,(H,25,29). The molecule has 146 valence electrons. The Labute approximate surface area is 167 Å². The summed E-state index contributed by atoms with van der Waals surface area (Å²) in [6.45, 7) is 0.452. The number of amides is 1. The Morgan fingerprint density at radius 2 is 1.97 bits per heavy atom. The molecule has 4 aromatic rings. The van der Waals surface area contributed by atoms with Gasteiger partial charge in [-0.1, -0.05) is 18.2 Å². The van der Waals surface area contributed by atoms with Gasteiger partial charge in [0.1, 0.15) is 11.6 Å². The first-order valence-corrected chi connectivity index (χ1v) is 9.89. The SMILES string of the molecule is Cn1c(CCNC(=O)c2cc(C3CC3)nc3ccccc23)nc2cc(F)ccc21. The number of imidazole rings is 1. The lowest BCUT2D eigenvalue weighted by Crippen LogP contribution is -2.26. The largest absolute Gasteiger partial charge is 0.352 e. The summed E-state index contributed by atoms with van der Waals surface area (Å²) in [7, 11) is 1.91. The number of hydrogen-bond acceptors (Lipinski definition) is 3. The van der Waals surface area contributed by atoms with E-state index in [1.807, 2.05) is 41.9 Å². The predicted molar refractivity (Wildman–Crippen MR) is 110 cm³/mol. The van der Waals surface area contributed by atoms with Crippen LogP contribution in [0.5, 0.6) is 0 Å². The van der Waals surface area contributed by atoms with Gasteiger partial charge in [-0.05, 0) is 37.1 Å². The average Bonchev–Trinajstić information content (AvgIpc) is 3.53. The molecule has 1 fully saturated rings. The summed E-state index contributed by atoms with van der Waals surface area (Å²) in [5, 5.41) is 3.88. The minimum absolute atomic E-state index is 0.102. The van der Waals surface area contributed by atoms with Crippen LogP contribution < -0.4 is 5.32 Å². The van der Waals surface area contributed by atoms with Gasteiger partial charge < -0.3 is 9.88 Å². The van der Waals surface area contributed by atoms with Gasteiger partial charge in [0.05, 0.1) is 22.1 Å². The molecule has 1 saturated carbocycles. The molecule has 5 rings (SSSR count). The molecule has 0 radical (unpaired) electrons. The summed E-state index contributed by atoms with van der Waals surface area (Å²) in [4.78, 5) is 22.2. The predicted octanol–water partition coefficient (Wildman–Crippen LogP) is 4.11. The third-order valence-corrected chi connectivity index (χ3v) is 5.55. The summed E-state index contributed by atoms with van der Waals surface area (Å²) < 4.78 is 15.4. The van der Waals surface area contributed by atoms with E-state index < -0.39 is 0 Å². The third kappa shape index (κ3) is 3.35. The van der Waals surface area contributed by atoms with Crippen molar-refractivity contribution in [3.8, 4) is 0 Å². The lowest BCUT2D eigenvalue weighted by Gasteiger charge is -2.10. The third-order valence-electron chi connectivity index (χ3n) is 5.55. The van der Waals surface area contributed by atoms with E-state index in [1.54, 1.807) is 6.07 Å². The van der Waals surface area contributed by atoms with Crippen molar-refractivity contribution in [1.29, 1.82) is 0 Å². The molecule has 2 aromatic carbocycles. The second-order valence-electron chi connectivity index (χ2n) is 7.61. The van der Waals surface area contributed by atoms with Crippen molar-refractivity contribution in [1.82, 2.24) is 19.9 Å². The molecule has 0 unspecified atom stereocenters. The number of rotatable bonds is 5. The maximum absolute atomic E-state index is 13.4. The Morgan fingerprint density at radius 3 is 2.79 bits per heavy atom. The quantitative estimate of drug-likeness (QED) is 0.560. The number of aryl methyl sites for hydroxylation is 1. The number of pyridine rings is 1. The van der Waals surface area contributed by atoms with Gasteiger partial charge in [-0.2, -0.15) is 0 Å². The van der Waals surface area contributed by atoms with Gasteiger partial charge >= 0.3 is 0 Å². The molecule has 0 atom stereocenters. The zero-order valence-electron chi connectivity index (χ0n) is 16.2. The monoisotopic (exact) mass is 388 g/mol. The van der Waals surface area contributed by atoms with E-state index in [-0.39, 0.29) is 11.7 Å². The average molecular weight is 388 g/mol. The van der Waals surface area contributed by atoms with Gasteiger partial charge in [0.15, 0.2) is 0 Å². The van der Waals surface area contributed by atoms with Crippen LogP contribution in [0.25, 0.3) is 21.9 Å². The van der Waals surface area contributed by atoms with Gasteiger partial charge in [0, 0.05) is 43.1 Å². The number of fused-ring (bicyclic) bond motifs is 2. The first kappa shape index (κ1) is 17.8. The van der Waals surface area contributed by atoms with Gasteiger partial charge in [-0.15, -0.1) is 0 Å². The summed E-state index contributed by atoms with van der Waals surface area (Å²) in [5.41, 5.74) is 4.04. The van der Waals surface area contributed by atoms with E-state index in [0.29, 0.717) is 30.0 Å². The molecule has 1 N–H and O–H groups in total. The number of carbonyl (C=O) groups excluding carboxylic acids is 1. The Balaban J connectivity index is 1.35. The van der Waals surface area contributed by atoms with Gasteiger partial charge in [-0.25, -0.2) is 9.37 Å². The molecule has 6 heteroatoms. The van der Waals surface area contributed by atoms with Crippen molar-refractivity contribution in [2.45, 2.75) is 25.2 Å². The van der Waals surface area contributed by atoms with Crippen LogP contribution in [0.1, 0.15) is 40.6 Å². The topological polar surface area (TPSA) is 59.8 Å². The van der Waals surface area contributed by atoms with Crippen LogP contribution in [0.15, 0.2) is 48.5 Å². The van der Waals surface area contributed by atoms with E-state index in [4.69, 9.17) is 4.98 Å². The van der Waals surface area contributed by atoms with E-state index in [0.717, 1.165) is 40.8 Å².